The monoisotopic (exact) mass is 448 g/mol. The number of allylic oxidation sites excluding steroid dienone is 1. The Labute approximate surface area is 188 Å². The summed E-state index contributed by atoms with van der Waals surface area (Å²) in [5.41, 5.74) is 1.43. The third-order valence-corrected chi connectivity index (χ3v) is 5.39. The molecular formula is C22H20N6O5. The molecule has 1 aliphatic rings. The molecule has 0 spiro atoms. The summed E-state index contributed by atoms with van der Waals surface area (Å²) in [5, 5.41) is 25.6. The highest BCUT2D eigenvalue weighted by Gasteiger charge is 2.38. The summed E-state index contributed by atoms with van der Waals surface area (Å²) in [6.07, 6.45) is 0. The van der Waals surface area contributed by atoms with Crippen molar-refractivity contribution in [1.29, 1.82) is 0 Å². The second kappa shape index (κ2) is 8.61. The fraction of sp³-hybridized carbons (Fsp3) is 0.227. The highest BCUT2D eigenvalue weighted by atomic mass is 16.6. The van der Waals surface area contributed by atoms with Crippen LogP contribution in [0.1, 0.15) is 47.3 Å². The van der Waals surface area contributed by atoms with Crippen LogP contribution in [0.25, 0.3) is 0 Å². The molecule has 0 aliphatic carbocycles. The molecule has 1 N–H and O–H groups in total. The van der Waals surface area contributed by atoms with Crippen molar-refractivity contribution in [1.82, 2.24) is 20.2 Å². The van der Waals surface area contributed by atoms with Gasteiger partial charge in [0.2, 0.25) is 5.95 Å². The molecule has 0 radical (unpaired) electrons. The lowest BCUT2D eigenvalue weighted by molar-refractivity contribution is -0.384. The highest BCUT2D eigenvalue weighted by Crippen LogP contribution is 2.37. The number of esters is 1. The van der Waals surface area contributed by atoms with E-state index < -0.39 is 22.7 Å². The number of carbonyl (C=O) groups is 2. The number of nitrogens with zero attached hydrogens (tertiary/aromatic N) is 5. The van der Waals surface area contributed by atoms with E-state index in [0.29, 0.717) is 11.5 Å². The number of rotatable bonds is 6. The van der Waals surface area contributed by atoms with Gasteiger partial charge >= 0.3 is 5.97 Å². The summed E-state index contributed by atoms with van der Waals surface area (Å²) < 4.78 is 6.29. The van der Waals surface area contributed by atoms with Gasteiger partial charge < -0.3 is 10.1 Å². The quantitative estimate of drug-likeness (QED) is 0.260. The normalized spacial score (nSPS) is 15.1. The number of hydrogen-bond donors (Lipinski definition) is 1. The van der Waals surface area contributed by atoms with E-state index in [-0.39, 0.29) is 28.5 Å². The van der Waals surface area contributed by atoms with Gasteiger partial charge in [0, 0.05) is 17.7 Å². The second-order valence-corrected chi connectivity index (χ2v) is 7.71. The van der Waals surface area contributed by atoms with E-state index in [1.807, 2.05) is 24.3 Å². The van der Waals surface area contributed by atoms with Crippen LogP contribution >= 0.6 is 0 Å². The zero-order chi connectivity index (χ0) is 23.7. The van der Waals surface area contributed by atoms with E-state index in [0.717, 1.165) is 11.6 Å². The maximum atomic E-state index is 13.7. The highest BCUT2D eigenvalue weighted by molar-refractivity contribution is 6.15. The molecule has 0 saturated carbocycles. The molecule has 11 nitrogen and oxygen atoms in total. The van der Waals surface area contributed by atoms with Crippen molar-refractivity contribution in [3.63, 3.8) is 0 Å². The molecule has 168 valence electrons. The van der Waals surface area contributed by atoms with Gasteiger partial charge in [0.15, 0.2) is 5.78 Å². The first-order valence-electron chi connectivity index (χ1n) is 10.1. The number of tetrazole rings is 1. The van der Waals surface area contributed by atoms with Crippen LogP contribution in [0.2, 0.25) is 0 Å². The Kier molecular flexibility index (Phi) is 5.69. The first-order valence-corrected chi connectivity index (χ1v) is 10.1. The van der Waals surface area contributed by atoms with Gasteiger partial charge in [0.05, 0.1) is 17.6 Å². The number of ketones is 1. The first-order chi connectivity index (χ1) is 15.8. The lowest BCUT2D eigenvalue weighted by atomic mass is 9.88. The minimum atomic E-state index is -0.863. The zero-order valence-electron chi connectivity index (χ0n) is 18.1. The Hall–Kier alpha value is -4.41. The number of hydrogen-bond acceptors (Lipinski definition) is 9. The SMILES string of the molecule is COC(=O)C1=C(C(=O)c2cccc([N+](=O)[O-])c2)[C@@H](c2ccc(C(C)C)cc2)n2nnnc2N1. The van der Waals surface area contributed by atoms with Crippen LogP contribution in [0.4, 0.5) is 11.6 Å². The Balaban J connectivity index is 1.92. The number of ether oxygens (including phenoxy) is 1. The summed E-state index contributed by atoms with van der Waals surface area (Å²) in [6.45, 7) is 4.12. The van der Waals surface area contributed by atoms with Crippen molar-refractivity contribution in [2.75, 3.05) is 12.4 Å². The van der Waals surface area contributed by atoms with Gasteiger partial charge in [0.1, 0.15) is 11.7 Å². The number of anilines is 1. The number of Topliss-reactive ketones (excluding diaryl/α,β-unsaturated/α-hetero) is 1. The maximum absolute atomic E-state index is 13.7. The number of nitro benzene ring substituents is 1. The molecule has 1 aliphatic heterocycles. The summed E-state index contributed by atoms with van der Waals surface area (Å²) in [5.74, 6) is -0.931. The topological polar surface area (TPSA) is 142 Å². The van der Waals surface area contributed by atoms with Crippen LogP contribution in [0.3, 0.4) is 0 Å². The van der Waals surface area contributed by atoms with Crippen LogP contribution in [0.5, 0.6) is 0 Å². The van der Waals surface area contributed by atoms with Crippen molar-refractivity contribution in [3.05, 3.63) is 86.6 Å². The molecule has 1 atom stereocenters. The smallest absolute Gasteiger partial charge is 0.355 e. The average molecular weight is 448 g/mol. The number of benzene rings is 2. The average Bonchev–Trinajstić information content (AvgIpc) is 3.30. The Morgan fingerprint density at radius 2 is 1.91 bits per heavy atom. The van der Waals surface area contributed by atoms with Gasteiger partial charge in [-0.25, -0.2) is 4.79 Å². The standard InChI is InChI=1S/C22H20N6O5/c1-12(2)13-7-9-14(10-8-13)19-17(20(29)15-5-4-6-16(11-15)28(31)32)18(21(30)33-3)23-22-24-25-26-27(19)22/h4-12,19H,1-3H3,(H,23,24,26)/t19-/m1/s1. The molecule has 0 saturated heterocycles. The Bertz CT molecular complexity index is 1280. The van der Waals surface area contributed by atoms with Crippen LogP contribution in [-0.2, 0) is 9.53 Å². The molecule has 0 bridgehead atoms. The van der Waals surface area contributed by atoms with Gasteiger partial charge in [0.25, 0.3) is 5.69 Å². The third kappa shape index (κ3) is 3.95. The molecule has 1 aromatic heterocycles. The van der Waals surface area contributed by atoms with Crippen molar-refractivity contribution in [2.45, 2.75) is 25.8 Å². The number of nitrogens with one attached hydrogen (secondary N) is 1. The van der Waals surface area contributed by atoms with Crippen LogP contribution in [0, 0.1) is 10.1 Å². The second-order valence-electron chi connectivity index (χ2n) is 7.71. The van der Waals surface area contributed by atoms with E-state index in [2.05, 4.69) is 34.7 Å². The number of non-ortho nitro benzene ring substituents is 1. The van der Waals surface area contributed by atoms with E-state index in [9.17, 15) is 19.7 Å². The fourth-order valence-corrected chi connectivity index (χ4v) is 3.68. The third-order valence-electron chi connectivity index (χ3n) is 5.39. The predicted octanol–water partition coefficient (Wildman–Crippen LogP) is 3.03. The molecule has 2 heterocycles. The van der Waals surface area contributed by atoms with Crippen molar-refractivity contribution >= 4 is 23.4 Å². The molecular weight excluding hydrogens is 428 g/mol. The Morgan fingerprint density at radius 1 is 1.18 bits per heavy atom. The van der Waals surface area contributed by atoms with Crippen molar-refractivity contribution < 1.29 is 19.2 Å². The number of carbonyl (C=O) groups excluding carboxylic acids is 2. The lowest BCUT2D eigenvalue weighted by Gasteiger charge is -2.28. The van der Waals surface area contributed by atoms with Gasteiger partial charge in [-0.2, -0.15) is 4.68 Å². The van der Waals surface area contributed by atoms with E-state index in [4.69, 9.17) is 4.74 Å². The van der Waals surface area contributed by atoms with E-state index in [1.54, 1.807) is 0 Å². The summed E-state index contributed by atoms with van der Waals surface area (Å²) in [6, 6.07) is 12.0. The number of methoxy groups -OCH3 is 1. The van der Waals surface area contributed by atoms with Gasteiger partial charge in [-0.05, 0) is 27.5 Å². The lowest BCUT2D eigenvalue weighted by Crippen LogP contribution is -2.33. The van der Waals surface area contributed by atoms with Crippen LogP contribution in [0.15, 0.2) is 59.8 Å². The minimum Gasteiger partial charge on any atom is -0.464 e. The molecule has 2 aromatic carbocycles. The molecule has 11 heteroatoms. The summed E-state index contributed by atoms with van der Waals surface area (Å²) in [4.78, 5) is 37.0. The molecule has 3 aromatic rings. The Morgan fingerprint density at radius 3 is 2.55 bits per heavy atom. The number of aromatic nitrogens is 4. The molecule has 33 heavy (non-hydrogen) atoms. The van der Waals surface area contributed by atoms with E-state index in [1.165, 1.54) is 30.0 Å². The van der Waals surface area contributed by atoms with Crippen LogP contribution in [-0.4, -0.2) is 44.0 Å². The van der Waals surface area contributed by atoms with Gasteiger partial charge in [-0.3, -0.25) is 14.9 Å². The molecule has 4 rings (SSSR count). The van der Waals surface area contributed by atoms with E-state index >= 15 is 0 Å². The van der Waals surface area contributed by atoms with Crippen molar-refractivity contribution in [3.8, 4) is 0 Å². The minimum absolute atomic E-state index is 0.0134. The summed E-state index contributed by atoms with van der Waals surface area (Å²) >= 11 is 0. The molecule has 0 unspecified atom stereocenters. The number of nitro groups is 1. The first kappa shape index (κ1) is 21.8. The molecule has 0 fully saturated rings. The zero-order valence-corrected chi connectivity index (χ0v) is 18.1. The predicted molar refractivity (Wildman–Crippen MR) is 117 cm³/mol. The largest absolute Gasteiger partial charge is 0.464 e. The van der Waals surface area contributed by atoms with Crippen LogP contribution < -0.4 is 5.32 Å². The number of fused-ring (bicyclic) bond motifs is 1. The molecule has 0 amide bonds. The summed E-state index contributed by atoms with van der Waals surface area (Å²) in [7, 11) is 1.19. The maximum Gasteiger partial charge on any atom is 0.355 e. The van der Waals surface area contributed by atoms with Gasteiger partial charge in [-0.15, -0.1) is 0 Å². The fourth-order valence-electron chi connectivity index (χ4n) is 3.68. The van der Waals surface area contributed by atoms with Gasteiger partial charge in [-0.1, -0.05) is 55.3 Å². The van der Waals surface area contributed by atoms with Crippen molar-refractivity contribution in [2.24, 2.45) is 0 Å².